The number of alkyl halides is 6. The highest BCUT2D eigenvalue weighted by molar-refractivity contribution is 5.85. The fourth-order valence-corrected chi connectivity index (χ4v) is 3.91. The molecule has 12 heteroatoms. The van der Waals surface area contributed by atoms with E-state index in [0.29, 0.717) is 25.0 Å². The van der Waals surface area contributed by atoms with Crippen LogP contribution in [0.25, 0.3) is 0 Å². The first-order valence-electron chi connectivity index (χ1n) is 9.07. The summed E-state index contributed by atoms with van der Waals surface area (Å²) >= 11 is 0. The Morgan fingerprint density at radius 2 is 1.55 bits per heavy atom. The summed E-state index contributed by atoms with van der Waals surface area (Å²) in [6, 6.07) is 1.35. The van der Waals surface area contributed by atoms with Crippen molar-refractivity contribution >= 4 is 5.97 Å². The Morgan fingerprint density at radius 1 is 1.03 bits per heavy atom. The number of nitrogens with zero attached hydrogens (tertiary/aromatic N) is 2. The summed E-state index contributed by atoms with van der Waals surface area (Å²) < 4.78 is 80.6. The lowest BCUT2D eigenvalue weighted by Crippen LogP contribution is -2.32. The third-order valence-corrected chi connectivity index (χ3v) is 5.38. The Hall–Kier alpha value is -3.05. The average Bonchev–Trinajstić information content (AvgIpc) is 3.12. The van der Waals surface area contributed by atoms with Gasteiger partial charge in [0.15, 0.2) is 5.75 Å². The van der Waals surface area contributed by atoms with Crippen LogP contribution in [0.4, 0.5) is 26.3 Å². The maximum Gasteiger partial charge on any atom is 0.416 e. The molecule has 0 aliphatic heterocycles. The lowest BCUT2D eigenvalue weighted by molar-refractivity contribution is -0.143. The molecule has 0 amide bonds. The van der Waals surface area contributed by atoms with E-state index in [0.717, 1.165) is 10.9 Å². The van der Waals surface area contributed by atoms with Gasteiger partial charge in [0.2, 0.25) is 5.69 Å². The summed E-state index contributed by atoms with van der Waals surface area (Å²) in [4.78, 5) is 22.9. The Kier molecular flexibility index (Phi) is 5.53. The van der Waals surface area contributed by atoms with Crippen LogP contribution in [-0.4, -0.2) is 26.0 Å². The van der Waals surface area contributed by atoms with Crippen LogP contribution < -0.4 is 5.43 Å². The predicted molar refractivity (Wildman–Crippen MR) is 93.7 cm³/mol. The summed E-state index contributed by atoms with van der Waals surface area (Å²) in [6.45, 7) is -0.320. The molecule has 31 heavy (non-hydrogen) atoms. The van der Waals surface area contributed by atoms with Crippen LogP contribution in [0, 0.1) is 0 Å². The minimum atomic E-state index is -5.01. The monoisotopic (exact) mass is 450 g/mol. The number of hydrogen-bond acceptors (Lipinski definition) is 4. The van der Waals surface area contributed by atoms with Crippen molar-refractivity contribution < 1.29 is 41.4 Å². The van der Waals surface area contributed by atoms with E-state index in [9.17, 15) is 41.0 Å². The first-order valence-corrected chi connectivity index (χ1v) is 9.07. The molecule has 0 atom stereocenters. The van der Waals surface area contributed by atoms with E-state index in [1.54, 1.807) is 0 Å². The van der Waals surface area contributed by atoms with E-state index in [1.165, 1.54) is 0 Å². The number of halogens is 6. The molecule has 0 radical (unpaired) electrons. The molecular weight excluding hydrogens is 434 g/mol. The van der Waals surface area contributed by atoms with E-state index in [-0.39, 0.29) is 31.0 Å². The predicted octanol–water partition coefficient (Wildman–Crippen LogP) is 4.20. The fraction of sp³-hybridized carbons (Fsp3) is 0.421. The number of carboxylic acid groups (broad SMARTS) is 1. The quantitative estimate of drug-likeness (QED) is 0.682. The molecule has 1 heterocycles. The summed E-state index contributed by atoms with van der Waals surface area (Å²) in [5.41, 5.74) is -6.61. The van der Waals surface area contributed by atoms with E-state index in [4.69, 9.17) is 5.11 Å². The van der Waals surface area contributed by atoms with Crippen molar-refractivity contribution in [3.63, 3.8) is 0 Å². The fourth-order valence-electron chi connectivity index (χ4n) is 3.91. The van der Waals surface area contributed by atoms with Gasteiger partial charge in [-0.15, -0.1) is 0 Å². The molecule has 168 valence electrons. The van der Waals surface area contributed by atoms with Crippen molar-refractivity contribution in [2.24, 2.45) is 0 Å². The largest absolute Gasteiger partial charge is 0.503 e. The number of carbonyl (C=O) groups is 1. The first-order chi connectivity index (χ1) is 14.2. The standard InChI is InChI=1S/C19H16F6N2O4/c20-18(21,22)11-5-10(6-12(7-11)19(23,24)25)17(3-1-2-4-17)9-27-8-13(28)15(29)14(26-27)16(30)31/h5-8,28H,1-4,9H2,(H,30,31). The van der Waals surface area contributed by atoms with Gasteiger partial charge in [-0.25, -0.2) is 4.79 Å². The van der Waals surface area contributed by atoms with E-state index < -0.39 is 51.7 Å². The van der Waals surface area contributed by atoms with Crippen molar-refractivity contribution in [1.29, 1.82) is 0 Å². The van der Waals surface area contributed by atoms with Gasteiger partial charge in [0, 0.05) is 5.41 Å². The van der Waals surface area contributed by atoms with Crippen LogP contribution in [0.1, 0.15) is 52.9 Å². The number of benzene rings is 1. The molecule has 1 aromatic carbocycles. The highest BCUT2D eigenvalue weighted by Gasteiger charge is 2.42. The van der Waals surface area contributed by atoms with Crippen molar-refractivity contribution in [3.05, 3.63) is 57.0 Å². The molecule has 0 spiro atoms. The lowest BCUT2D eigenvalue weighted by atomic mass is 9.77. The minimum Gasteiger partial charge on any atom is -0.503 e. The Morgan fingerprint density at radius 3 is 2.00 bits per heavy atom. The van der Waals surface area contributed by atoms with Gasteiger partial charge in [-0.3, -0.25) is 9.48 Å². The van der Waals surface area contributed by atoms with Gasteiger partial charge >= 0.3 is 18.3 Å². The zero-order chi connectivity index (χ0) is 23.2. The van der Waals surface area contributed by atoms with Crippen molar-refractivity contribution in [2.75, 3.05) is 0 Å². The topological polar surface area (TPSA) is 92.4 Å². The van der Waals surface area contributed by atoms with Gasteiger partial charge in [-0.2, -0.15) is 31.4 Å². The van der Waals surface area contributed by atoms with Gasteiger partial charge in [0.1, 0.15) is 0 Å². The molecule has 1 saturated carbocycles. The van der Waals surface area contributed by atoms with E-state index in [2.05, 4.69) is 5.10 Å². The van der Waals surface area contributed by atoms with Crippen LogP contribution >= 0.6 is 0 Å². The molecule has 6 nitrogen and oxygen atoms in total. The number of hydrogen-bond donors (Lipinski definition) is 2. The van der Waals surface area contributed by atoms with Crippen LogP contribution in [-0.2, 0) is 24.3 Å². The molecule has 2 N–H and O–H groups in total. The van der Waals surface area contributed by atoms with Crippen molar-refractivity contribution in [1.82, 2.24) is 9.78 Å². The molecular formula is C19H16F6N2O4. The van der Waals surface area contributed by atoms with Gasteiger partial charge < -0.3 is 10.2 Å². The van der Waals surface area contributed by atoms with Crippen LogP contribution in [0.2, 0.25) is 0 Å². The van der Waals surface area contributed by atoms with E-state index in [1.807, 2.05) is 0 Å². The highest BCUT2D eigenvalue weighted by Crippen LogP contribution is 2.46. The Labute approximate surface area is 170 Å². The van der Waals surface area contributed by atoms with Gasteiger partial charge in [0.25, 0.3) is 5.43 Å². The van der Waals surface area contributed by atoms with Crippen LogP contribution in [0.3, 0.4) is 0 Å². The lowest BCUT2D eigenvalue weighted by Gasteiger charge is -2.31. The summed E-state index contributed by atoms with van der Waals surface area (Å²) in [7, 11) is 0. The molecule has 0 saturated heterocycles. The van der Waals surface area contributed by atoms with Gasteiger partial charge in [-0.1, -0.05) is 12.8 Å². The Balaban J connectivity index is 2.17. The Bertz CT molecular complexity index is 1040. The van der Waals surface area contributed by atoms with Crippen LogP contribution in [0.15, 0.2) is 29.2 Å². The van der Waals surface area contributed by atoms with E-state index >= 15 is 0 Å². The van der Waals surface area contributed by atoms with Gasteiger partial charge in [0.05, 0.1) is 23.9 Å². The van der Waals surface area contributed by atoms with Crippen LogP contribution in [0.5, 0.6) is 5.75 Å². The second kappa shape index (κ2) is 7.57. The molecule has 1 fully saturated rings. The van der Waals surface area contributed by atoms with Crippen molar-refractivity contribution in [3.8, 4) is 5.75 Å². The second-order valence-electron chi connectivity index (χ2n) is 7.48. The van der Waals surface area contributed by atoms with Crippen molar-refractivity contribution in [2.45, 2.75) is 50.0 Å². The molecule has 1 aliphatic rings. The first kappa shape index (κ1) is 22.6. The summed E-state index contributed by atoms with van der Waals surface area (Å²) in [5.74, 6) is -2.67. The minimum absolute atomic E-state index is 0.0398. The zero-order valence-corrected chi connectivity index (χ0v) is 15.7. The number of carboxylic acids is 1. The summed E-state index contributed by atoms with van der Waals surface area (Å²) in [6.07, 6.45) is -7.77. The molecule has 0 unspecified atom stereocenters. The third kappa shape index (κ3) is 4.52. The maximum absolute atomic E-state index is 13.3. The molecule has 0 bridgehead atoms. The third-order valence-electron chi connectivity index (χ3n) is 5.38. The zero-order valence-electron chi connectivity index (χ0n) is 15.7. The molecule has 1 aromatic heterocycles. The number of aromatic nitrogens is 2. The normalized spacial score (nSPS) is 16.5. The average molecular weight is 450 g/mol. The SMILES string of the molecule is O=C(O)c1nn(CC2(c3cc(C(F)(F)F)cc(C(F)(F)F)c3)CCCC2)cc(O)c1=O. The molecule has 1 aliphatic carbocycles. The van der Waals surface area contributed by atoms with Gasteiger partial charge in [-0.05, 0) is 36.6 Å². The number of aromatic carboxylic acids is 1. The second-order valence-corrected chi connectivity index (χ2v) is 7.48. The number of aromatic hydroxyl groups is 1. The molecule has 3 rings (SSSR count). The highest BCUT2D eigenvalue weighted by atomic mass is 19.4. The number of rotatable bonds is 4. The molecule has 2 aromatic rings. The smallest absolute Gasteiger partial charge is 0.416 e. The summed E-state index contributed by atoms with van der Waals surface area (Å²) in [5, 5.41) is 22.4. The maximum atomic E-state index is 13.3.